The fraction of sp³-hybridized carbons (Fsp3) is 0.333. The molecular formula is C21H25N5O. The molecule has 0 unspecified atom stereocenters. The van der Waals surface area contributed by atoms with E-state index in [9.17, 15) is 4.79 Å². The predicted octanol–water partition coefficient (Wildman–Crippen LogP) is 3.91. The zero-order valence-corrected chi connectivity index (χ0v) is 16.2. The highest BCUT2D eigenvalue weighted by atomic mass is 16.2. The minimum absolute atomic E-state index is 0.0338. The van der Waals surface area contributed by atoms with E-state index in [1.165, 1.54) is 10.4 Å². The van der Waals surface area contributed by atoms with Crippen LogP contribution in [-0.4, -0.2) is 32.2 Å². The van der Waals surface area contributed by atoms with E-state index in [1.807, 2.05) is 56.3 Å². The molecule has 0 radical (unpaired) electrons. The van der Waals surface area contributed by atoms with Gasteiger partial charge in [0.15, 0.2) is 0 Å². The van der Waals surface area contributed by atoms with Gasteiger partial charge in [0.05, 0.1) is 0 Å². The normalized spacial score (nSPS) is 11.2. The van der Waals surface area contributed by atoms with Gasteiger partial charge in [-0.2, -0.15) is 4.80 Å². The Hall–Kier alpha value is -3.02. The van der Waals surface area contributed by atoms with Crippen LogP contribution in [0.1, 0.15) is 39.2 Å². The predicted molar refractivity (Wildman–Crippen MR) is 106 cm³/mol. The van der Waals surface area contributed by atoms with Gasteiger partial charge in [-0.15, -0.1) is 10.2 Å². The SMILES string of the molecule is CC(C)c1ccc(-c2nnn(CC(=O)N(c3ccccc3)C(C)C)n2)cc1. The highest BCUT2D eigenvalue weighted by Crippen LogP contribution is 2.20. The Balaban J connectivity index is 1.75. The number of rotatable bonds is 6. The van der Waals surface area contributed by atoms with Gasteiger partial charge in [0.2, 0.25) is 5.82 Å². The van der Waals surface area contributed by atoms with Gasteiger partial charge < -0.3 is 4.90 Å². The van der Waals surface area contributed by atoms with Crippen LogP contribution in [0.15, 0.2) is 54.6 Å². The molecule has 0 atom stereocenters. The zero-order valence-electron chi connectivity index (χ0n) is 16.2. The molecule has 0 aliphatic heterocycles. The summed E-state index contributed by atoms with van der Waals surface area (Å²) in [6.07, 6.45) is 0. The summed E-state index contributed by atoms with van der Waals surface area (Å²) < 4.78 is 0. The van der Waals surface area contributed by atoms with Crippen molar-refractivity contribution in [3.05, 3.63) is 60.2 Å². The molecule has 27 heavy (non-hydrogen) atoms. The first-order valence-corrected chi connectivity index (χ1v) is 9.21. The molecule has 6 nitrogen and oxygen atoms in total. The van der Waals surface area contributed by atoms with Gasteiger partial charge in [-0.25, -0.2) is 0 Å². The molecule has 2 aromatic carbocycles. The summed E-state index contributed by atoms with van der Waals surface area (Å²) in [5.74, 6) is 0.921. The van der Waals surface area contributed by atoms with Crippen molar-refractivity contribution >= 4 is 11.6 Å². The van der Waals surface area contributed by atoms with E-state index in [1.54, 1.807) is 4.90 Å². The van der Waals surface area contributed by atoms with Crippen molar-refractivity contribution in [2.45, 2.75) is 46.2 Å². The lowest BCUT2D eigenvalue weighted by Crippen LogP contribution is -2.39. The van der Waals surface area contributed by atoms with E-state index in [4.69, 9.17) is 0 Å². The lowest BCUT2D eigenvalue weighted by molar-refractivity contribution is -0.119. The smallest absolute Gasteiger partial charge is 0.250 e. The van der Waals surface area contributed by atoms with Gasteiger partial charge in [-0.1, -0.05) is 56.3 Å². The summed E-state index contributed by atoms with van der Waals surface area (Å²) in [4.78, 5) is 15.9. The molecule has 0 bridgehead atoms. The molecule has 0 N–H and O–H groups in total. The van der Waals surface area contributed by atoms with Crippen molar-refractivity contribution in [1.29, 1.82) is 0 Å². The van der Waals surface area contributed by atoms with Gasteiger partial charge in [0.25, 0.3) is 5.91 Å². The van der Waals surface area contributed by atoms with Crippen molar-refractivity contribution in [2.75, 3.05) is 4.90 Å². The van der Waals surface area contributed by atoms with Crippen LogP contribution in [0, 0.1) is 0 Å². The highest BCUT2D eigenvalue weighted by Gasteiger charge is 2.20. The first-order chi connectivity index (χ1) is 13.0. The Labute approximate surface area is 159 Å². The van der Waals surface area contributed by atoms with Crippen LogP contribution in [0.2, 0.25) is 0 Å². The number of benzene rings is 2. The second-order valence-corrected chi connectivity index (χ2v) is 7.11. The van der Waals surface area contributed by atoms with Crippen LogP contribution in [0.25, 0.3) is 11.4 Å². The quantitative estimate of drug-likeness (QED) is 0.666. The molecule has 0 fully saturated rings. The van der Waals surface area contributed by atoms with E-state index in [0.717, 1.165) is 11.3 Å². The number of anilines is 1. The summed E-state index contributed by atoms with van der Waals surface area (Å²) in [7, 11) is 0. The Kier molecular flexibility index (Phi) is 5.64. The number of carbonyl (C=O) groups is 1. The van der Waals surface area contributed by atoms with Crippen LogP contribution in [0.5, 0.6) is 0 Å². The number of amides is 1. The fourth-order valence-electron chi connectivity index (χ4n) is 2.96. The molecule has 3 rings (SSSR count). The van der Waals surface area contributed by atoms with Crippen molar-refractivity contribution in [2.24, 2.45) is 0 Å². The summed E-state index contributed by atoms with van der Waals surface area (Å²) in [5.41, 5.74) is 3.01. The van der Waals surface area contributed by atoms with Crippen molar-refractivity contribution in [3.63, 3.8) is 0 Å². The monoisotopic (exact) mass is 363 g/mol. The number of nitrogens with zero attached hydrogens (tertiary/aromatic N) is 5. The van der Waals surface area contributed by atoms with Gasteiger partial charge in [0, 0.05) is 17.3 Å². The van der Waals surface area contributed by atoms with Crippen molar-refractivity contribution < 1.29 is 4.79 Å². The largest absolute Gasteiger partial charge is 0.308 e. The third-order valence-electron chi connectivity index (χ3n) is 4.38. The molecule has 3 aromatic rings. The maximum atomic E-state index is 12.8. The molecule has 0 saturated heterocycles. The molecule has 0 spiro atoms. The van der Waals surface area contributed by atoms with E-state index in [-0.39, 0.29) is 18.5 Å². The Morgan fingerprint density at radius 2 is 1.67 bits per heavy atom. The Morgan fingerprint density at radius 3 is 2.26 bits per heavy atom. The zero-order chi connectivity index (χ0) is 19.4. The topological polar surface area (TPSA) is 63.9 Å². The Morgan fingerprint density at radius 1 is 1.00 bits per heavy atom. The number of para-hydroxylation sites is 1. The Bertz CT molecular complexity index is 884. The van der Waals surface area contributed by atoms with E-state index < -0.39 is 0 Å². The van der Waals surface area contributed by atoms with Crippen molar-refractivity contribution in [3.8, 4) is 11.4 Å². The van der Waals surface area contributed by atoms with Gasteiger partial charge in [-0.05, 0) is 42.7 Å². The molecule has 0 aliphatic carbocycles. The molecule has 140 valence electrons. The maximum absolute atomic E-state index is 12.8. The lowest BCUT2D eigenvalue weighted by Gasteiger charge is -2.26. The standard InChI is InChI=1S/C21H25N5O/c1-15(2)17-10-12-18(13-11-17)21-22-24-25(23-21)14-20(27)26(16(3)4)19-8-6-5-7-9-19/h5-13,15-16H,14H2,1-4H3. The van der Waals surface area contributed by atoms with Crippen LogP contribution < -0.4 is 4.90 Å². The molecule has 1 aromatic heterocycles. The number of tetrazole rings is 1. The molecule has 6 heteroatoms. The molecule has 1 amide bonds. The van der Waals surface area contributed by atoms with Crippen molar-refractivity contribution in [1.82, 2.24) is 20.2 Å². The summed E-state index contributed by atoms with van der Waals surface area (Å²) in [6.45, 7) is 8.33. The molecule has 0 aliphatic rings. The molecule has 0 saturated carbocycles. The van der Waals surface area contributed by atoms with E-state index >= 15 is 0 Å². The maximum Gasteiger partial charge on any atom is 0.250 e. The molecule has 1 heterocycles. The minimum Gasteiger partial charge on any atom is -0.308 e. The van der Waals surface area contributed by atoms with Crippen LogP contribution in [0.4, 0.5) is 5.69 Å². The second-order valence-electron chi connectivity index (χ2n) is 7.11. The van der Waals surface area contributed by atoms with Gasteiger partial charge in [-0.3, -0.25) is 4.79 Å². The summed E-state index contributed by atoms with van der Waals surface area (Å²) >= 11 is 0. The molecular weight excluding hydrogens is 338 g/mol. The average molecular weight is 363 g/mol. The fourth-order valence-corrected chi connectivity index (χ4v) is 2.96. The minimum atomic E-state index is -0.0738. The first-order valence-electron chi connectivity index (χ1n) is 9.21. The summed E-state index contributed by atoms with van der Waals surface area (Å²) in [6, 6.07) is 17.8. The number of hydrogen-bond acceptors (Lipinski definition) is 4. The van der Waals surface area contributed by atoms with E-state index in [0.29, 0.717) is 11.7 Å². The lowest BCUT2D eigenvalue weighted by atomic mass is 10.0. The first kappa shape index (κ1) is 18.8. The number of aromatic nitrogens is 4. The number of hydrogen-bond donors (Lipinski definition) is 0. The highest BCUT2D eigenvalue weighted by molar-refractivity contribution is 5.93. The average Bonchev–Trinajstić information content (AvgIpc) is 3.11. The van der Waals surface area contributed by atoms with Crippen LogP contribution in [-0.2, 0) is 11.3 Å². The van der Waals surface area contributed by atoms with Gasteiger partial charge in [0.1, 0.15) is 6.54 Å². The number of carbonyl (C=O) groups excluding carboxylic acids is 1. The second kappa shape index (κ2) is 8.12. The summed E-state index contributed by atoms with van der Waals surface area (Å²) in [5, 5.41) is 12.5. The van der Waals surface area contributed by atoms with E-state index in [2.05, 4.69) is 41.4 Å². The van der Waals surface area contributed by atoms with Gasteiger partial charge >= 0.3 is 0 Å². The van der Waals surface area contributed by atoms with Crippen LogP contribution in [0.3, 0.4) is 0 Å². The third-order valence-corrected chi connectivity index (χ3v) is 4.38. The van der Waals surface area contributed by atoms with Crippen LogP contribution >= 0.6 is 0 Å². The third kappa shape index (κ3) is 4.39.